The first-order chi connectivity index (χ1) is 11.5. The van der Waals surface area contributed by atoms with Crippen LogP contribution in [-0.2, 0) is 4.79 Å². The molecule has 0 aliphatic heterocycles. The van der Waals surface area contributed by atoms with Crippen LogP contribution in [0, 0.1) is 0 Å². The lowest BCUT2D eigenvalue weighted by Crippen LogP contribution is -2.40. The molecule has 1 amide bonds. The molecule has 0 unspecified atom stereocenters. The molecule has 0 spiro atoms. The van der Waals surface area contributed by atoms with Gasteiger partial charge in [-0.2, -0.15) is 0 Å². The zero-order chi connectivity index (χ0) is 17.5. The van der Waals surface area contributed by atoms with Crippen LogP contribution >= 0.6 is 31.9 Å². The van der Waals surface area contributed by atoms with E-state index in [4.69, 9.17) is 0 Å². The van der Waals surface area contributed by atoms with Crippen LogP contribution in [0.25, 0.3) is 6.08 Å². The zero-order valence-corrected chi connectivity index (χ0v) is 15.7. The van der Waals surface area contributed by atoms with Gasteiger partial charge in [-0.15, -0.1) is 0 Å². The van der Waals surface area contributed by atoms with E-state index in [1.54, 1.807) is 24.3 Å². The van der Waals surface area contributed by atoms with Gasteiger partial charge >= 0.3 is 5.97 Å². The van der Waals surface area contributed by atoms with Crippen molar-refractivity contribution < 1.29 is 14.7 Å². The minimum atomic E-state index is -1.07. The Labute approximate surface area is 156 Å². The van der Waals surface area contributed by atoms with Crippen LogP contribution in [0.3, 0.4) is 0 Å². The van der Waals surface area contributed by atoms with Gasteiger partial charge in [-0.05, 0) is 30.2 Å². The molecule has 4 nitrogen and oxygen atoms in total. The van der Waals surface area contributed by atoms with Gasteiger partial charge in [0.2, 0.25) is 0 Å². The third kappa shape index (κ3) is 5.62. The van der Waals surface area contributed by atoms with Crippen LogP contribution in [-0.4, -0.2) is 23.0 Å². The first-order valence-electron chi connectivity index (χ1n) is 7.17. The maximum atomic E-state index is 12.3. The van der Waals surface area contributed by atoms with Gasteiger partial charge in [0.25, 0.3) is 5.91 Å². The predicted molar refractivity (Wildman–Crippen MR) is 101 cm³/mol. The standard InChI is InChI=1S/C18H15Br2NO3/c19-14-9-13(10-15(20)11-14)17(22)21-16(18(23)24)8-4-7-12-5-2-1-3-6-12/h1-7,9-11,16H,8H2,(H,21,22)(H,23,24)/b7-4+/t16-/m0/s1. The Kier molecular flexibility index (Phi) is 6.75. The van der Waals surface area contributed by atoms with E-state index in [1.807, 2.05) is 36.4 Å². The highest BCUT2D eigenvalue weighted by atomic mass is 79.9. The molecular weight excluding hydrogens is 438 g/mol. The molecule has 0 aromatic heterocycles. The highest BCUT2D eigenvalue weighted by molar-refractivity contribution is 9.11. The number of carbonyl (C=O) groups excluding carboxylic acids is 1. The van der Waals surface area contributed by atoms with Crippen molar-refractivity contribution in [1.82, 2.24) is 5.32 Å². The van der Waals surface area contributed by atoms with Gasteiger partial charge in [-0.1, -0.05) is 74.3 Å². The van der Waals surface area contributed by atoms with Crippen LogP contribution in [0.15, 0.2) is 63.6 Å². The number of hydrogen-bond donors (Lipinski definition) is 2. The molecule has 0 radical (unpaired) electrons. The summed E-state index contributed by atoms with van der Waals surface area (Å²) in [6, 6.07) is 13.6. The lowest BCUT2D eigenvalue weighted by molar-refractivity contribution is -0.139. The van der Waals surface area contributed by atoms with Crippen LogP contribution in [0.1, 0.15) is 22.3 Å². The molecule has 0 bridgehead atoms. The molecule has 0 aliphatic carbocycles. The Bertz CT molecular complexity index is 740. The normalized spacial score (nSPS) is 12.1. The van der Waals surface area contributed by atoms with E-state index in [0.29, 0.717) is 5.56 Å². The highest BCUT2D eigenvalue weighted by Crippen LogP contribution is 2.20. The van der Waals surface area contributed by atoms with Crippen LogP contribution in [0.2, 0.25) is 0 Å². The summed E-state index contributed by atoms with van der Waals surface area (Å²) in [6.45, 7) is 0. The molecule has 6 heteroatoms. The van der Waals surface area contributed by atoms with Crippen molar-refractivity contribution in [2.75, 3.05) is 0 Å². The van der Waals surface area contributed by atoms with Crippen molar-refractivity contribution in [2.24, 2.45) is 0 Å². The van der Waals surface area contributed by atoms with Crippen LogP contribution < -0.4 is 5.32 Å². The Hall–Kier alpha value is -1.92. The molecule has 124 valence electrons. The molecule has 0 saturated heterocycles. The fraction of sp³-hybridized carbons (Fsp3) is 0.111. The molecule has 2 N–H and O–H groups in total. The molecule has 24 heavy (non-hydrogen) atoms. The van der Waals surface area contributed by atoms with Crippen LogP contribution in [0.4, 0.5) is 0 Å². The van der Waals surface area contributed by atoms with E-state index in [0.717, 1.165) is 14.5 Å². The summed E-state index contributed by atoms with van der Waals surface area (Å²) in [5.74, 6) is -1.51. The molecule has 0 fully saturated rings. The second-order valence-electron chi connectivity index (χ2n) is 5.07. The summed E-state index contributed by atoms with van der Waals surface area (Å²) >= 11 is 6.61. The number of carbonyl (C=O) groups is 2. The second kappa shape index (κ2) is 8.80. The second-order valence-corrected chi connectivity index (χ2v) is 6.90. The number of aliphatic carboxylic acids is 1. The number of rotatable bonds is 6. The summed E-state index contributed by atoms with van der Waals surface area (Å²) in [4.78, 5) is 23.6. The number of hydrogen-bond acceptors (Lipinski definition) is 2. The van der Waals surface area contributed by atoms with Gasteiger partial charge < -0.3 is 10.4 Å². The summed E-state index contributed by atoms with van der Waals surface area (Å²) in [6.07, 6.45) is 3.77. The maximum absolute atomic E-state index is 12.3. The van der Waals surface area contributed by atoms with Crippen molar-refractivity contribution >= 4 is 49.8 Å². The van der Waals surface area contributed by atoms with E-state index in [-0.39, 0.29) is 6.42 Å². The average Bonchev–Trinajstić information content (AvgIpc) is 2.53. The minimum absolute atomic E-state index is 0.200. The van der Waals surface area contributed by atoms with Gasteiger partial charge in [-0.3, -0.25) is 4.79 Å². The van der Waals surface area contributed by atoms with Crippen molar-refractivity contribution in [1.29, 1.82) is 0 Å². The molecule has 0 heterocycles. The van der Waals surface area contributed by atoms with Gasteiger partial charge in [0, 0.05) is 14.5 Å². The third-order valence-corrected chi connectivity index (χ3v) is 4.13. The molecule has 1 atom stereocenters. The third-order valence-electron chi connectivity index (χ3n) is 3.21. The number of halogens is 2. The van der Waals surface area contributed by atoms with E-state index < -0.39 is 17.9 Å². The summed E-state index contributed by atoms with van der Waals surface area (Å²) < 4.78 is 1.47. The monoisotopic (exact) mass is 451 g/mol. The predicted octanol–water partition coefficient (Wildman–Crippen LogP) is 4.50. The van der Waals surface area contributed by atoms with E-state index in [1.165, 1.54) is 0 Å². The van der Waals surface area contributed by atoms with Crippen molar-refractivity contribution in [3.63, 3.8) is 0 Å². The zero-order valence-electron chi connectivity index (χ0n) is 12.6. The lowest BCUT2D eigenvalue weighted by Gasteiger charge is -2.13. The Morgan fingerprint density at radius 1 is 1.08 bits per heavy atom. The molecule has 0 aliphatic rings. The van der Waals surface area contributed by atoms with E-state index in [9.17, 15) is 14.7 Å². The van der Waals surface area contributed by atoms with Gasteiger partial charge in [0.15, 0.2) is 0 Å². The van der Waals surface area contributed by atoms with Crippen molar-refractivity contribution in [3.8, 4) is 0 Å². The Morgan fingerprint density at radius 3 is 2.29 bits per heavy atom. The van der Waals surface area contributed by atoms with Crippen molar-refractivity contribution in [2.45, 2.75) is 12.5 Å². The highest BCUT2D eigenvalue weighted by Gasteiger charge is 2.19. The minimum Gasteiger partial charge on any atom is -0.480 e. The largest absolute Gasteiger partial charge is 0.480 e. The molecule has 0 saturated carbocycles. The van der Waals surface area contributed by atoms with E-state index in [2.05, 4.69) is 37.2 Å². The first kappa shape index (κ1) is 18.4. The lowest BCUT2D eigenvalue weighted by atomic mass is 10.1. The SMILES string of the molecule is O=C(N[C@@H](C/C=C/c1ccccc1)C(=O)O)c1cc(Br)cc(Br)c1. The van der Waals surface area contributed by atoms with Gasteiger partial charge in [0.05, 0.1) is 0 Å². The molecular formula is C18H15Br2NO3. The number of nitrogens with one attached hydrogen (secondary N) is 1. The molecule has 2 aromatic rings. The average molecular weight is 453 g/mol. The van der Waals surface area contributed by atoms with E-state index >= 15 is 0 Å². The summed E-state index contributed by atoms with van der Waals surface area (Å²) in [5, 5.41) is 11.9. The molecule has 2 aromatic carbocycles. The number of carboxylic acid groups (broad SMARTS) is 1. The number of amides is 1. The van der Waals surface area contributed by atoms with Gasteiger partial charge in [-0.25, -0.2) is 4.79 Å². The topological polar surface area (TPSA) is 66.4 Å². The first-order valence-corrected chi connectivity index (χ1v) is 8.75. The van der Waals surface area contributed by atoms with Gasteiger partial charge in [0.1, 0.15) is 6.04 Å². The van der Waals surface area contributed by atoms with Crippen molar-refractivity contribution in [3.05, 3.63) is 74.7 Å². The summed E-state index contributed by atoms with van der Waals surface area (Å²) in [5.41, 5.74) is 1.36. The number of benzene rings is 2. The fourth-order valence-electron chi connectivity index (χ4n) is 2.05. The quantitative estimate of drug-likeness (QED) is 0.678. The maximum Gasteiger partial charge on any atom is 0.326 e. The fourth-order valence-corrected chi connectivity index (χ4v) is 3.35. The smallest absolute Gasteiger partial charge is 0.326 e. The summed E-state index contributed by atoms with van der Waals surface area (Å²) in [7, 11) is 0. The Morgan fingerprint density at radius 2 is 1.71 bits per heavy atom. The van der Waals surface area contributed by atoms with Crippen LogP contribution in [0.5, 0.6) is 0 Å². The number of carboxylic acids is 1. The Balaban J connectivity index is 2.04. The molecule has 2 rings (SSSR count).